The van der Waals surface area contributed by atoms with Crippen LogP contribution in [0.15, 0.2) is 22.6 Å². The molecule has 0 fully saturated rings. The van der Waals surface area contributed by atoms with E-state index in [1.165, 1.54) is 5.56 Å². The summed E-state index contributed by atoms with van der Waals surface area (Å²) in [6.07, 6.45) is 1.81. The van der Waals surface area contributed by atoms with E-state index in [-0.39, 0.29) is 0 Å². The molecule has 1 aliphatic rings. The van der Waals surface area contributed by atoms with Crippen LogP contribution in [0.3, 0.4) is 0 Å². The number of nitrogens with one attached hydrogen (secondary N) is 1. The van der Waals surface area contributed by atoms with Gasteiger partial charge in [-0.2, -0.15) is 0 Å². The van der Waals surface area contributed by atoms with Gasteiger partial charge in [0.05, 0.1) is 5.39 Å². The summed E-state index contributed by atoms with van der Waals surface area (Å²) in [5, 5.41) is 14.2. The number of phenols is 1. The Bertz CT molecular complexity index is 530. The standard InChI is InChI=1S/C13H15NO2/c1-8-7-12-9(5-6-14-8)13-10(15)3-2-4-11(13)16-12/h2-4,8,14-15H,5-7H2,1H3. The molecule has 1 aromatic carbocycles. The molecule has 0 bridgehead atoms. The van der Waals surface area contributed by atoms with E-state index in [0.717, 1.165) is 36.1 Å². The van der Waals surface area contributed by atoms with Crippen LogP contribution in [0.4, 0.5) is 0 Å². The molecule has 0 amide bonds. The molecule has 3 heteroatoms. The summed E-state index contributed by atoms with van der Waals surface area (Å²) in [7, 11) is 0. The van der Waals surface area contributed by atoms with Crippen molar-refractivity contribution in [2.24, 2.45) is 0 Å². The van der Waals surface area contributed by atoms with Crippen molar-refractivity contribution in [2.75, 3.05) is 6.54 Å². The predicted octanol–water partition coefficient (Wildman–Crippen LogP) is 2.22. The van der Waals surface area contributed by atoms with E-state index in [9.17, 15) is 5.11 Å². The molecule has 84 valence electrons. The van der Waals surface area contributed by atoms with Gasteiger partial charge in [-0.1, -0.05) is 6.07 Å². The summed E-state index contributed by atoms with van der Waals surface area (Å²) in [6.45, 7) is 3.10. The van der Waals surface area contributed by atoms with Gasteiger partial charge in [-0.3, -0.25) is 0 Å². The average Bonchev–Trinajstić information content (AvgIpc) is 2.48. The van der Waals surface area contributed by atoms with Gasteiger partial charge in [-0.05, 0) is 32.0 Å². The van der Waals surface area contributed by atoms with E-state index in [4.69, 9.17) is 4.42 Å². The van der Waals surface area contributed by atoms with E-state index in [1.54, 1.807) is 6.07 Å². The first-order valence-electron chi connectivity index (χ1n) is 5.71. The fourth-order valence-electron chi connectivity index (χ4n) is 2.46. The summed E-state index contributed by atoms with van der Waals surface area (Å²) < 4.78 is 5.82. The molecule has 1 aliphatic heterocycles. The number of phenolic OH excluding ortho intramolecular Hbond substituents is 1. The Hall–Kier alpha value is -1.48. The van der Waals surface area contributed by atoms with Crippen LogP contribution >= 0.6 is 0 Å². The average molecular weight is 217 g/mol. The summed E-state index contributed by atoms with van der Waals surface area (Å²) in [4.78, 5) is 0. The summed E-state index contributed by atoms with van der Waals surface area (Å²) in [6, 6.07) is 5.90. The van der Waals surface area contributed by atoms with Gasteiger partial charge in [0.25, 0.3) is 0 Å². The minimum absolute atomic E-state index is 0.331. The highest BCUT2D eigenvalue weighted by Gasteiger charge is 2.21. The number of aromatic hydroxyl groups is 1. The minimum atomic E-state index is 0.331. The third-order valence-corrected chi connectivity index (χ3v) is 3.24. The molecule has 1 unspecified atom stereocenters. The van der Waals surface area contributed by atoms with Gasteiger partial charge in [0.15, 0.2) is 0 Å². The van der Waals surface area contributed by atoms with E-state index < -0.39 is 0 Å². The van der Waals surface area contributed by atoms with Crippen LogP contribution in [0.25, 0.3) is 11.0 Å². The van der Waals surface area contributed by atoms with Crippen molar-refractivity contribution in [1.82, 2.24) is 5.32 Å². The van der Waals surface area contributed by atoms with Crippen LogP contribution in [0.5, 0.6) is 5.75 Å². The Labute approximate surface area is 94.1 Å². The Balaban J connectivity index is 2.24. The van der Waals surface area contributed by atoms with Gasteiger partial charge in [-0.15, -0.1) is 0 Å². The van der Waals surface area contributed by atoms with Gasteiger partial charge in [-0.25, -0.2) is 0 Å². The maximum atomic E-state index is 9.89. The normalized spacial score (nSPS) is 20.7. The maximum Gasteiger partial charge on any atom is 0.138 e. The highest BCUT2D eigenvalue weighted by molar-refractivity contribution is 5.88. The molecule has 3 nitrogen and oxygen atoms in total. The first-order valence-corrected chi connectivity index (χ1v) is 5.71. The van der Waals surface area contributed by atoms with E-state index in [2.05, 4.69) is 12.2 Å². The number of fused-ring (bicyclic) bond motifs is 3. The number of benzene rings is 1. The molecule has 3 rings (SSSR count). The fraction of sp³-hybridized carbons (Fsp3) is 0.385. The Morgan fingerprint density at radius 1 is 1.44 bits per heavy atom. The van der Waals surface area contributed by atoms with Crippen LogP contribution < -0.4 is 5.32 Å². The zero-order valence-electron chi connectivity index (χ0n) is 9.29. The van der Waals surface area contributed by atoms with Crippen molar-refractivity contribution in [1.29, 1.82) is 0 Å². The molecular weight excluding hydrogens is 202 g/mol. The first-order chi connectivity index (χ1) is 7.75. The molecule has 2 N–H and O–H groups in total. The second-order valence-electron chi connectivity index (χ2n) is 4.46. The second-order valence-corrected chi connectivity index (χ2v) is 4.46. The van der Waals surface area contributed by atoms with Gasteiger partial charge in [0, 0.05) is 18.0 Å². The first kappa shape index (κ1) is 9.73. The van der Waals surface area contributed by atoms with Crippen LogP contribution in [0.1, 0.15) is 18.2 Å². The molecule has 0 aliphatic carbocycles. The Morgan fingerprint density at radius 3 is 3.19 bits per heavy atom. The molecule has 1 aromatic heterocycles. The lowest BCUT2D eigenvalue weighted by Crippen LogP contribution is -2.27. The van der Waals surface area contributed by atoms with Crippen LogP contribution in [0, 0.1) is 0 Å². The molecular formula is C13H15NO2. The largest absolute Gasteiger partial charge is 0.507 e. The Morgan fingerprint density at radius 2 is 2.31 bits per heavy atom. The second kappa shape index (κ2) is 3.52. The summed E-state index contributed by atoms with van der Waals surface area (Å²) in [5.41, 5.74) is 1.98. The van der Waals surface area contributed by atoms with E-state index >= 15 is 0 Å². The highest BCUT2D eigenvalue weighted by Crippen LogP contribution is 2.34. The fourth-order valence-corrected chi connectivity index (χ4v) is 2.46. The lowest BCUT2D eigenvalue weighted by atomic mass is 10.1. The zero-order chi connectivity index (χ0) is 11.1. The van der Waals surface area contributed by atoms with Crippen molar-refractivity contribution < 1.29 is 9.52 Å². The molecule has 0 spiro atoms. The van der Waals surface area contributed by atoms with E-state index in [1.807, 2.05) is 12.1 Å². The van der Waals surface area contributed by atoms with Crippen molar-refractivity contribution in [3.05, 3.63) is 29.5 Å². The monoisotopic (exact) mass is 217 g/mol. The summed E-state index contributed by atoms with van der Waals surface area (Å²) in [5.74, 6) is 1.35. The molecule has 0 saturated carbocycles. The number of furan rings is 1. The van der Waals surface area contributed by atoms with Gasteiger partial charge in [0.1, 0.15) is 17.1 Å². The van der Waals surface area contributed by atoms with Crippen molar-refractivity contribution in [3.63, 3.8) is 0 Å². The number of rotatable bonds is 0. The van der Waals surface area contributed by atoms with E-state index in [0.29, 0.717) is 11.8 Å². The summed E-state index contributed by atoms with van der Waals surface area (Å²) >= 11 is 0. The van der Waals surface area contributed by atoms with Crippen molar-refractivity contribution in [3.8, 4) is 5.75 Å². The third-order valence-electron chi connectivity index (χ3n) is 3.24. The van der Waals surface area contributed by atoms with Crippen molar-refractivity contribution in [2.45, 2.75) is 25.8 Å². The molecule has 0 saturated heterocycles. The molecule has 0 radical (unpaired) electrons. The number of hydrogen-bond donors (Lipinski definition) is 2. The molecule has 2 aromatic rings. The van der Waals surface area contributed by atoms with Crippen LogP contribution in [-0.2, 0) is 12.8 Å². The predicted molar refractivity (Wildman–Crippen MR) is 62.8 cm³/mol. The van der Waals surface area contributed by atoms with Crippen LogP contribution in [0.2, 0.25) is 0 Å². The van der Waals surface area contributed by atoms with Gasteiger partial charge < -0.3 is 14.8 Å². The SMILES string of the molecule is CC1Cc2oc3cccc(O)c3c2CCN1. The quantitative estimate of drug-likeness (QED) is 0.711. The maximum absolute atomic E-state index is 9.89. The number of hydrogen-bond acceptors (Lipinski definition) is 3. The lowest BCUT2D eigenvalue weighted by Gasteiger charge is -2.07. The Kier molecular flexibility index (Phi) is 2.14. The van der Waals surface area contributed by atoms with Crippen molar-refractivity contribution >= 4 is 11.0 Å². The lowest BCUT2D eigenvalue weighted by molar-refractivity contribution is 0.479. The highest BCUT2D eigenvalue weighted by atomic mass is 16.3. The van der Waals surface area contributed by atoms with Gasteiger partial charge >= 0.3 is 0 Å². The van der Waals surface area contributed by atoms with Crippen LogP contribution in [-0.4, -0.2) is 17.7 Å². The molecule has 1 atom stereocenters. The molecule has 16 heavy (non-hydrogen) atoms. The smallest absolute Gasteiger partial charge is 0.138 e. The third kappa shape index (κ3) is 1.39. The van der Waals surface area contributed by atoms with Gasteiger partial charge in [0.2, 0.25) is 0 Å². The minimum Gasteiger partial charge on any atom is -0.507 e. The topological polar surface area (TPSA) is 45.4 Å². The molecule has 2 heterocycles. The zero-order valence-corrected chi connectivity index (χ0v) is 9.29.